The summed E-state index contributed by atoms with van der Waals surface area (Å²) >= 11 is 0. The third kappa shape index (κ3) is 4.34. The predicted molar refractivity (Wildman–Crippen MR) is 151 cm³/mol. The Kier molecular flexibility index (Phi) is 6.02. The number of phenols is 1. The lowest BCUT2D eigenvalue weighted by Gasteiger charge is -2.48. The predicted octanol–water partition coefficient (Wildman–Crippen LogP) is 2.90. The number of anilines is 3. The molecule has 0 amide bonds. The number of nitrogens with zero attached hydrogens (tertiary/aromatic N) is 6. The summed E-state index contributed by atoms with van der Waals surface area (Å²) in [5.74, 6) is 7.28. The average molecular weight is 524 g/mol. The van der Waals surface area contributed by atoms with E-state index in [0.717, 1.165) is 70.0 Å². The molecule has 200 valence electrons. The molecule has 39 heavy (non-hydrogen) atoms. The molecule has 2 bridgehead atoms. The molecule has 4 aliphatic heterocycles. The standard InChI is InChI=1S/C30H33N7O2/c31-29-27(17-26(33-34-29)25-5-1-2-6-28(25)38)35-18-23-7-8-24(19-35)37(23)22-9-12-32-21(16-22)4-3-13-36-14-10-30(36)11-15-39-20-30/h1-2,5-6,9,12,16-17,23-24,38H,7-8,10-11,13-15,18-20H2,(H2,31,34). The van der Waals surface area contributed by atoms with Crippen LogP contribution < -0.4 is 15.5 Å². The van der Waals surface area contributed by atoms with Crippen LogP contribution in [0.4, 0.5) is 17.2 Å². The zero-order chi connectivity index (χ0) is 26.4. The first-order chi connectivity index (χ1) is 19.1. The van der Waals surface area contributed by atoms with E-state index in [-0.39, 0.29) is 11.3 Å². The van der Waals surface area contributed by atoms with Crippen molar-refractivity contribution in [3.63, 3.8) is 0 Å². The minimum Gasteiger partial charge on any atom is -0.507 e. The molecule has 3 aromatic rings. The van der Waals surface area contributed by atoms with Crippen LogP contribution in [0.5, 0.6) is 5.75 Å². The maximum Gasteiger partial charge on any atom is 0.169 e. The normalized spacial score (nSPS) is 25.9. The second-order valence-corrected chi connectivity index (χ2v) is 11.1. The lowest BCUT2D eigenvalue weighted by Crippen LogP contribution is -2.60. The third-order valence-corrected chi connectivity index (χ3v) is 8.93. The Hall–Kier alpha value is -3.87. The number of benzene rings is 1. The maximum absolute atomic E-state index is 10.3. The molecule has 0 aliphatic carbocycles. The molecule has 2 aromatic heterocycles. The fourth-order valence-electron chi connectivity index (χ4n) is 6.74. The largest absolute Gasteiger partial charge is 0.507 e. The highest BCUT2D eigenvalue weighted by Crippen LogP contribution is 2.39. The van der Waals surface area contributed by atoms with Gasteiger partial charge in [0.15, 0.2) is 5.82 Å². The van der Waals surface area contributed by atoms with Gasteiger partial charge in [-0.25, -0.2) is 4.98 Å². The number of para-hydroxylation sites is 1. The molecule has 4 saturated heterocycles. The van der Waals surface area contributed by atoms with E-state index in [1.165, 1.54) is 12.1 Å². The maximum atomic E-state index is 10.3. The number of hydrogen-bond acceptors (Lipinski definition) is 9. The van der Waals surface area contributed by atoms with Crippen LogP contribution in [0.25, 0.3) is 11.3 Å². The smallest absolute Gasteiger partial charge is 0.169 e. The van der Waals surface area contributed by atoms with E-state index in [1.807, 2.05) is 24.4 Å². The molecule has 3 unspecified atom stereocenters. The van der Waals surface area contributed by atoms with Crippen molar-refractivity contribution in [3.05, 3.63) is 54.4 Å². The zero-order valence-corrected chi connectivity index (χ0v) is 22.0. The van der Waals surface area contributed by atoms with E-state index in [2.05, 4.69) is 53.9 Å². The van der Waals surface area contributed by atoms with Crippen LogP contribution in [0.2, 0.25) is 0 Å². The summed E-state index contributed by atoms with van der Waals surface area (Å²) in [6.07, 6.45) is 6.45. The van der Waals surface area contributed by atoms with Gasteiger partial charge in [0.1, 0.15) is 11.4 Å². The Morgan fingerprint density at radius 1 is 1.08 bits per heavy atom. The first-order valence-corrected chi connectivity index (χ1v) is 13.8. The number of pyridine rings is 1. The van der Waals surface area contributed by atoms with Gasteiger partial charge in [-0.15, -0.1) is 10.2 Å². The van der Waals surface area contributed by atoms with Crippen LogP contribution in [-0.4, -0.2) is 82.2 Å². The molecule has 1 aromatic carbocycles. The summed E-state index contributed by atoms with van der Waals surface area (Å²) in [6, 6.07) is 14.1. The van der Waals surface area contributed by atoms with Crippen LogP contribution in [-0.2, 0) is 4.74 Å². The number of fused-ring (bicyclic) bond motifs is 2. The quantitative estimate of drug-likeness (QED) is 0.500. The highest BCUT2D eigenvalue weighted by molar-refractivity contribution is 5.74. The van der Waals surface area contributed by atoms with Gasteiger partial charge in [-0.05, 0) is 61.9 Å². The van der Waals surface area contributed by atoms with Crippen molar-refractivity contribution in [1.82, 2.24) is 20.1 Å². The number of nitrogen functional groups attached to an aromatic ring is 1. The zero-order valence-electron chi connectivity index (χ0n) is 22.0. The van der Waals surface area contributed by atoms with E-state index in [0.29, 0.717) is 29.2 Å². The van der Waals surface area contributed by atoms with Gasteiger partial charge in [0.25, 0.3) is 0 Å². The number of nitrogens with two attached hydrogens (primary N) is 1. The molecular weight excluding hydrogens is 490 g/mol. The highest BCUT2D eigenvalue weighted by Gasteiger charge is 2.47. The summed E-state index contributed by atoms with van der Waals surface area (Å²) in [7, 11) is 0. The number of phenolic OH excluding ortho intramolecular Hbond substituents is 1. The van der Waals surface area contributed by atoms with E-state index in [1.54, 1.807) is 12.1 Å². The van der Waals surface area contributed by atoms with Gasteiger partial charge in [0.05, 0.1) is 24.5 Å². The van der Waals surface area contributed by atoms with Crippen molar-refractivity contribution in [3.8, 4) is 28.8 Å². The van der Waals surface area contributed by atoms with Crippen molar-refractivity contribution in [1.29, 1.82) is 0 Å². The molecule has 7 rings (SSSR count). The van der Waals surface area contributed by atoms with Gasteiger partial charge in [-0.1, -0.05) is 18.1 Å². The lowest BCUT2D eigenvalue weighted by molar-refractivity contribution is -0.00906. The lowest BCUT2D eigenvalue weighted by atomic mass is 9.84. The summed E-state index contributed by atoms with van der Waals surface area (Å²) < 4.78 is 5.64. The third-order valence-electron chi connectivity index (χ3n) is 8.93. The Morgan fingerprint density at radius 3 is 2.67 bits per heavy atom. The fourth-order valence-corrected chi connectivity index (χ4v) is 6.74. The topological polar surface area (TPSA) is 104 Å². The summed E-state index contributed by atoms with van der Waals surface area (Å²) in [5, 5.41) is 18.8. The Labute approximate surface area is 228 Å². The second-order valence-electron chi connectivity index (χ2n) is 11.1. The van der Waals surface area contributed by atoms with Gasteiger partial charge in [-0.3, -0.25) is 4.90 Å². The highest BCUT2D eigenvalue weighted by atomic mass is 16.5. The number of rotatable bonds is 4. The molecule has 3 N–H and O–H groups in total. The van der Waals surface area contributed by atoms with E-state index in [4.69, 9.17) is 10.5 Å². The molecule has 9 heteroatoms. The number of aromatic hydroxyl groups is 1. The number of likely N-dealkylation sites (tertiary alicyclic amines) is 1. The molecule has 0 radical (unpaired) electrons. The van der Waals surface area contributed by atoms with E-state index < -0.39 is 0 Å². The van der Waals surface area contributed by atoms with Crippen LogP contribution in [0.3, 0.4) is 0 Å². The van der Waals surface area contributed by atoms with Crippen LogP contribution in [0, 0.1) is 11.8 Å². The van der Waals surface area contributed by atoms with Crippen molar-refractivity contribution >= 4 is 17.2 Å². The Balaban J connectivity index is 1.07. The molecule has 1 spiro atoms. The Morgan fingerprint density at radius 2 is 1.92 bits per heavy atom. The van der Waals surface area contributed by atoms with Gasteiger partial charge in [0, 0.05) is 61.3 Å². The van der Waals surface area contributed by atoms with Crippen LogP contribution >= 0.6 is 0 Å². The van der Waals surface area contributed by atoms with Gasteiger partial charge < -0.3 is 25.4 Å². The Bertz CT molecular complexity index is 1430. The summed E-state index contributed by atoms with van der Waals surface area (Å²) in [5.41, 5.74) is 10.7. The number of piperazine rings is 1. The fraction of sp³-hybridized carbons (Fsp3) is 0.433. The first-order valence-electron chi connectivity index (χ1n) is 13.8. The van der Waals surface area contributed by atoms with Gasteiger partial charge in [-0.2, -0.15) is 0 Å². The molecule has 0 saturated carbocycles. The molecular formula is C30H33N7O2. The monoisotopic (exact) mass is 523 g/mol. The minimum atomic E-state index is 0.181. The summed E-state index contributed by atoms with van der Waals surface area (Å²) in [6.45, 7) is 5.26. The van der Waals surface area contributed by atoms with Crippen LogP contribution in [0.15, 0.2) is 48.7 Å². The number of hydrogen-bond donors (Lipinski definition) is 2. The van der Waals surface area contributed by atoms with Gasteiger partial charge >= 0.3 is 0 Å². The molecule has 4 aliphatic rings. The van der Waals surface area contributed by atoms with Gasteiger partial charge in [0.2, 0.25) is 0 Å². The average Bonchev–Trinajstić information content (AvgIpc) is 3.56. The van der Waals surface area contributed by atoms with Crippen molar-refractivity contribution in [2.75, 3.05) is 54.9 Å². The molecule has 3 atom stereocenters. The summed E-state index contributed by atoms with van der Waals surface area (Å²) in [4.78, 5) is 11.9. The first kappa shape index (κ1) is 24.2. The van der Waals surface area contributed by atoms with Crippen LogP contribution in [0.1, 0.15) is 31.4 Å². The van der Waals surface area contributed by atoms with E-state index in [9.17, 15) is 5.11 Å². The molecule has 6 heterocycles. The second kappa shape index (κ2) is 9.70. The minimum absolute atomic E-state index is 0.181. The SMILES string of the molecule is Nc1nnc(-c2ccccc2O)cc1N1CC2CCC(C1)N2c1ccnc(C#CCN2CCC23CCOC3)c1. The number of ether oxygens (including phenoxy) is 1. The van der Waals surface area contributed by atoms with Crippen molar-refractivity contribution in [2.24, 2.45) is 0 Å². The molecule has 4 fully saturated rings. The molecule has 9 nitrogen and oxygen atoms in total. The number of aromatic nitrogens is 3. The van der Waals surface area contributed by atoms with E-state index >= 15 is 0 Å². The van der Waals surface area contributed by atoms with Crippen molar-refractivity contribution in [2.45, 2.75) is 43.3 Å². The van der Waals surface area contributed by atoms with Crippen molar-refractivity contribution < 1.29 is 9.84 Å².